The van der Waals surface area contributed by atoms with Crippen LogP contribution in [0.1, 0.15) is 27.7 Å². The molecule has 0 saturated heterocycles. The van der Waals surface area contributed by atoms with Crippen LogP contribution in [-0.4, -0.2) is 30.9 Å². The molecule has 1 heterocycles. The maximum absolute atomic E-state index is 12.8. The highest BCUT2D eigenvalue weighted by Crippen LogP contribution is 2.23. The Kier molecular flexibility index (Phi) is 6.43. The van der Waals surface area contributed by atoms with Crippen LogP contribution in [-0.2, 0) is 13.0 Å². The Morgan fingerprint density at radius 1 is 1.27 bits per heavy atom. The first kappa shape index (κ1) is 17.0. The number of hydrogen-bond acceptors (Lipinski definition) is 3. The van der Waals surface area contributed by atoms with Crippen molar-refractivity contribution in [2.45, 2.75) is 19.9 Å². The van der Waals surface area contributed by atoms with Crippen LogP contribution in [0.4, 0.5) is 0 Å². The quantitative estimate of drug-likeness (QED) is 0.833. The number of amides is 1. The average molecular weight is 337 g/mol. The molecule has 3 nitrogen and oxygen atoms in total. The standard InChI is InChI=1S/C17H21ClN2OS/c1-3-20(12-14-8-9-16(18)22-14)17(21)15-7-5-4-6-13(15)10-11-19-2/h4-9,19H,3,10-12H2,1-2H3. The lowest BCUT2D eigenvalue weighted by atomic mass is 10.0. The smallest absolute Gasteiger partial charge is 0.254 e. The number of hydrogen-bond donors (Lipinski definition) is 1. The summed E-state index contributed by atoms with van der Waals surface area (Å²) in [5, 5.41) is 3.13. The normalized spacial score (nSPS) is 10.7. The molecule has 0 aliphatic heterocycles. The predicted molar refractivity (Wildman–Crippen MR) is 93.8 cm³/mol. The van der Waals surface area contributed by atoms with Gasteiger partial charge in [-0.2, -0.15) is 0 Å². The van der Waals surface area contributed by atoms with E-state index < -0.39 is 0 Å². The third kappa shape index (κ3) is 4.32. The summed E-state index contributed by atoms with van der Waals surface area (Å²) in [7, 11) is 1.92. The molecule has 1 aromatic carbocycles. The largest absolute Gasteiger partial charge is 0.334 e. The fourth-order valence-electron chi connectivity index (χ4n) is 2.33. The molecule has 0 saturated carbocycles. The van der Waals surface area contributed by atoms with Crippen LogP contribution < -0.4 is 5.32 Å². The van der Waals surface area contributed by atoms with Crippen LogP contribution in [0.15, 0.2) is 36.4 Å². The number of likely N-dealkylation sites (N-methyl/N-ethyl adjacent to an activating group) is 1. The SMILES string of the molecule is CCN(Cc1ccc(Cl)s1)C(=O)c1ccccc1CCNC. The molecule has 0 spiro atoms. The van der Waals surface area contributed by atoms with Crippen molar-refractivity contribution in [1.29, 1.82) is 0 Å². The Balaban J connectivity index is 2.17. The van der Waals surface area contributed by atoms with E-state index in [4.69, 9.17) is 11.6 Å². The number of nitrogens with one attached hydrogen (secondary N) is 1. The van der Waals surface area contributed by atoms with E-state index in [1.165, 1.54) is 11.3 Å². The minimum Gasteiger partial charge on any atom is -0.334 e. The van der Waals surface area contributed by atoms with Gasteiger partial charge in [-0.25, -0.2) is 0 Å². The Hall–Kier alpha value is -1.36. The first-order valence-corrected chi connectivity index (χ1v) is 8.61. The van der Waals surface area contributed by atoms with Crippen molar-refractivity contribution in [3.63, 3.8) is 0 Å². The molecule has 0 aliphatic carbocycles. The molecule has 118 valence electrons. The number of carbonyl (C=O) groups excluding carboxylic acids is 1. The molecule has 5 heteroatoms. The zero-order chi connectivity index (χ0) is 15.9. The van der Waals surface area contributed by atoms with E-state index in [9.17, 15) is 4.79 Å². The van der Waals surface area contributed by atoms with Gasteiger partial charge in [-0.15, -0.1) is 11.3 Å². The maximum atomic E-state index is 12.8. The van der Waals surface area contributed by atoms with Gasteiger partial charge >= 0.3 is 0 Å². The van der Waals surface area contributed by atoms with Crippen molar-refractivity contribution in [3.05, 3.63) is 56.7 Å². The van der Waals surface area contributed by atoms with E-state index >= 15 is 0 Å². The third-order valence-corrected chi connectivity index (χ3v) is 4.75. The lowest BCUT2D eigenvalue weighted by molar-refractivity contribution is 0.0753. The van der Waals surface area contributed by atoms with E-state index in [-0.39, 0.29) is 5.91 Å². The second kappa shape index (κ2) is 8.32. The molecular formula is C17H21ClN2OS. The van der Waals surface area contributed by atoms with Crippen LogP contribution in [0.5, 0.6) is 0 Å². The van der Waals surface area contributed by atoms with Crippen molar-refractivity contribution < 1.29 is 4.79 Å². The number of thiophene rings is 1. The molecule has 22 heavy (non-hydrogen) atoms. The molecule has 2 rings (SSSR count). The first-order chi connectivity index (χ1) is 10.7. The van der Waals surface area contributed by atoms with Crippen LogP contribution in [0.2, 0.25) is 4.34 Å². The summed E-state index contributed by atoms with van der Waals surface area (Å²) in [6.07, 6.45) is 0.848. The number of rotatable bonds is 7. The maximum Gasteiger partial charge on any atom is 0.254 e. The fraction of sp³-hybridized carbons (Fsp3) is 0.353. The Morgan fingerprint density at radius 3 is 2.68 bits per heavy atom. The van der Waals surface area contributed by atoms with Crippen molar-refractivity contribution in [1.82, 2.24) is 10.2 Å². The molecule has 0 fully saturated rings. The summed E-state index contributed by atoms with van der Waals surface area (Å²) in [4.78, 5) is 15.8. The molecule has 1 N–H and O–H groups in total. The Labute approximate surface area is 140 Å². The van der Waals surface area contributed by atoms with Crippen LogP contribution in [0, 0.1) is 0 Å². The van der Waals surface area contributed by atoms with E-state index in [2.05, 4.69) is 5.32 Å². The lowest BCUT2D eigenvalue weighted by Gasteiger charge is -2.21. The summed E-state index contributed by atoms with van der Waals surface area (Å²) in [6.45, 7) is 4.14. The highest BCUT2D eigenvalue weighted by molar-refractivity contribution is 7.16. The summed E-state index contributed by atoms with van der Waals surface area (Å²) < 4.78 is 0.757. The predicted octanol–water partition coefficient (Wildman–Crippen LogP) is 3.83. The van der Waals surface area contributed by atoms with Crippen molar-refractivity contribution in [2.24, 2.45) is 0 Å². The van der Waals surface area contributed by atoms with E-state index in [0.717, 1.165) is 33.3 Å². The number of nitrogens with zero attached hydrogens (tertiary/aromatic N) is 1. The molecule has 0 unspecified atom stereocenters. The summed E-state index contributed by atoms with van der Waals surface area (Å²) >= 11 is 7.50. The fourth-order valence-corrected chi connectivity index (χ4v) is 3.43. The molecule has 0 atom stereocenters. The van der Waals surface area contributed by atoms with Gasteiger partial charge in [0.25, 0.3) is 5.91 Å². The summed E-state index contributed by atoms with van der Waals surface area (Å²) in [5.74, 6) is 0.0822. The van der Waals surface area contributed by atoms with Crippen molar-refractivity contribution in [2.75, 3.05) is 20.1 Å². The second-order valence-corrected chi connectivity index (χ2v) is 6.84. The Morgan fingerprint density at radius 2 is 2.05 bits per heavy atom. The van der Waals surface area contributed by atoms with Gasteiger partial charge in [0.15, 0.2) is 0 Å². The van der Waals surface area contributed by atoms with Gasteiger partial charge in [0, 0.05) is 17.0 Å². The third-order valence-electron chi connectivity index (χ3n) is 3.54. The van der Waals surface area contributed by atoms with E-state index in [1.807, 2.05) is 55.3 Å². The molecule has 2 aromatic rings. The molecule has 0 bridgehead atoms. The summed E-state index contributed by atoms with van der Waals surface area (Å²) in [6, 6.07) is 11.7. The first-order valence-electron chi connectivity index (χ1n) is 7.41. The highest BCUT2D eigenvalue weighted by atomic mass is 35.5. The van der Waals surface area contributed by atoms with Gasteiger partial charge in [0.2, 0.25) is 0 Å². The van der Waals surface area contributed by atoms with E-state index in [1.54, 1.807) is 0 Å². The van der Waals surface area contributed by atoms with Gasteiger partial charge in [-0.05, 0) is 50.7 Å². The van der Waals surface area contributed by atoms with Crippen LogP contribution >= 0.6 is 22.9 Å². The number of halogens is 1. The van der Waals surface area contributed by atoms with Crippen molar-refractivity contribution >= 4 is 28.8 Å². The van der Waals surface area contributed by atoms with Gasteiger partial charge in [0.05, 0.1) is 10.9 Å². The molecule has 0 aliphatic rings. The average Bonchev–Trinajstić information content (AvgIpc) is 2.95. The van der Waals surface area contributed by atoms with Crippen LogP contribution in [0.25, 0.3) is 0 Å². The zero-order valence-electron chi connectivity index (χ0n) is 12.9. The number of benzene rings is 1. The topological polar surface area (TPSA) is 32.3 Å². The molecule has 1 amide bonds. The minimum absolute atomic E-state index is 0.0822. The minimum atomic E-state index is 0.0822. The number of carbonyl (C=O) groups is 1. The van der Waals surface area contributed by atoms with Gasteiger partial charge in [0.1, 0.15) is 0 Å². The van der Waals surface area contributed by atoms with E-state index in [0.29, 0.717) is 13.1 Å². The highest BCUT2D eigenvalue weighted by Gasteiger charge is 2.18. The van der Waals surface area contributed by atoms with Gasteiger partial charge in [-0.1, -0.05) is 29.8 Å². The second-order valence-electron chi connectivity index (χ2n) is 5.04. The zero-order valence-corrected chi connectivity index (χ0v) is 14.5. The van der Waals surface area contributed by atoms with Gasteiger partial charge in [-0.3, -0.25) is 4.79 Å². The lowest BCUT2D eigenvalue weighted by Crippen LogP contribution is -2.31. The van der Waals surface area contributed by atoms with Gasteiger partial charge < -0.3 is 10.2 Å². The van der Waals surface area contributed by atoms with Crippen molar-refractivity contribution in [3.8, 4) is 0 Å². The van der Waals surface area contributed by atoms with Crippen LogP contribution in [0.3, 0.4) is 0 Å². The molecule has 0 radical (unpaired) electrons. The monoisotopic (exact) mass is 336 g/mol. The molecular weight excluding hydrogens is 316 g/mol. The summed E-state index contributed by atoms with van der Waals surface area (Å²) in [5.41, 5.74) is 1.88. The molecule has 1 aromatic heterocycles. The Bertz CT molecular complexity index is 627.